The molecular weight excluding hydrogens is 284 g/mol. The Morgan fingerprint density at radius 3 is 3.00 bits per heavy atom. The van der Waals surface area contributed by atoms with Crippen LogP contribution in [0.2, 0.25) is 0 Å². The highest BCUT2D eigenvalue weighted by Gasteiger charge is 2.29. The van der Waals surface area contributed by atoms with Gasteiger partial charge in [0.15, 0.2) is 0 Å². The Balaban J connectivity index is 0.00000133. The summed E-state index contributed by atoms with van der Waals surface area (Å²) in [6.45, 7) is 0.612. The maximum atomic E-state index is 11.1. The van der Waals surface area contributed by atoms with Crippen molar-refractivity contribution in [2.24, 2.45) is 5.92 Å². The number of aryl methyl sites for hydroxylation is 1. The molecule has 1 aromatic rings. The molecule has 1 fully saturated rings. The van der Waals surface area contributed by atoms with E-state index in [1.165, 1.54) is 24.3 Å². The SMILES string of the molecule is Cl.O=C(O)C1CCc2cnc(C3CCCSC3)n2C1. The average molecular weight is 303 g/mol. The Hall–Kier alpha value is -0.680. The van der Waals surface area contributed by atoms with Gasteiger partial charge in [-0.2, -0.15) is 11.8 Å². The van der Waals surface area contributed by atoms with E-state index < -0.39 is 5.97 Å². The van der Waals surface area contributed by atoms with Crippen molar-refractivity contribution in [2.45, 2.75) is 38.1 Å². The Bertz CT molecular complexity index is 457. The highest BCUT2D eigenvalue weighted by molar-refractivity contribution is 7.99. The number of thioether (sulfide) groups is 1. The molecule has 0 amide bonds. The van der Waals surface area contributed by atoms with Crippen LogP contribution in [0, 0.1) is 5.92 Å². The minimum Gasteiger partial charge on any atom is -0.481 e. The number of aromatic nitrogens is 2. The second kappa shape index (κ2) is 6.18. The molecule has 2 aliphatic rings. The van der Waals surface area contributed by atoms with Gasteiger partial charge in [-0.1, -0.05) is 0 Å². The van der Waals surface area contributed by atoms with Gasteiger partial charge in [0.05, 0.1) is 5.92 Å². The number of fused-ring (bicyclic) bond motifs is 1. The Morgan fingerprint density at radius 2 is 2.32 bits per heavy atom. The Morgan fingerprint density at radius 1 is 1.47 bits per heavy atom. The van der Waals surface area contributed by atoms with Crippen molar-refractivity contribution in [3.63, 3.8) is 0 Å². The van der Waals surface area contributed by atoms with E-state index in [1.54, 1.807) is 0 Å². The molecule has 1 N–H and O–H groups in total. The summed E-state index contributed by atoms with van der Waals surface area (Å²) >= 11 is 1.99. The van der Waals surface area contributed by atoms with Crippen LogP contribution in [-0.2, 0) is 17.8 Å². The summed E-state index contributed by atoms with van der Waals surface area (Å²) in [6, 6.07) is 0. The molecule has 2 unspecified atom stereocenters. The van der Waals surface area contributed by atoms with Gasteiger partial charge in [-0.25, -0.2) is 4.98 Å². The van der Waals surface area contributed by atoms with Gasteiger partial charge < -0.3 is 9.67 Å². The molecule has 6 heteroatoms. The molecule has 1 saturated heterocycles. The highest BCUT2D eigenvalue weighted by atomic mass is 35.5. The van der Waals surface area contributed by atoms with Crippen LogP contribution in [-0.4, -0.2) is 32.1 Å². The zero-order valence-corrected chi connectivity index (χ0v) is 12.4. The molecule has 106 valence electrons. The van der Waals surface area contributed by atoms with Gasteiger partial charge in [-0.05, 0) is 31.4 Å². The summed E-state index contributed by atoms with van der Waals surface area (Å²) < 4.78 is 2.18. The quantitative estimate of drug-likeness (QED) is 0.912. The van der Waals surface area contributed by atoms with Crippen LogP contribution in [0.25, 0.3) is 0 Å². The summed E-state index contributed by atoms with van der Waals surface area (Å²) in [5.74, 6) is 3.13. The van der Waals surface area contributed by atoms with Crippen LogP contribution in [0.15, 0.2) is 6.20 Å². The Kier molecular flexibility index (Phi) is 4.79. The minimum absolute atomic E-state index is 0. The number of hydrogen-bond acceptors (Lipinski definition) is 3. The van der Waals surface area contributed by atoms with Crippen LogP contribution >= 0.6 is 24.2 Å². The van der Waals surface area contributed by atoms with E-state index in [0.29, 0.717) is 12.5 Å². The lowest BCUT2D eigenvalue weighted by atomic mass is 9.97. The van der Waals surface area contributed by atoms with Gasteiger partial charge in [-0.15, -0.1) is 12.4 Å². The van der Waals surface area contributed by atoms with Gasteiger partial charge in [0.1, 0.15) is 5.82 Å². The van der Waals surface area contributed by atoms with Crippen molar-refractivity contribution >= 4 is 30.1 Å². The van der Waals surface area contributed by atoms with E-state index >= 15 is 0 Å². The number of aliphatic carboxylic acids is 1. The molecule has 2 aliphatic heterocycles. The lowest BCUT2D eigenvalue weighted by Gasteiger charge is -2.26. The fraction of sp³-hybridized carbons (Fsp3) is 0.692. The van der Waals surface area contributed by atoms with Crippen molar-refractivity contribution < 1.29 is 9.90 Å². The predicted molar refractivity (Wildman–Crippen MR) is 78.2 cm³/mol. The van der Waals surface area contributed by atoms with Crippen molar-refractivity contribution in [2.75, 3.05) is 11.5 Å². The zero-order chi connectivity index (χ0) is 12.5. The van der Waals surface area contributed by atoms with Crippen LogP contribution in [0.5, 0.6) is 0 Å². The van der Waals surface area contributed by atoms with Gasteiger partial charge in [0.2, 0.25) is 0 Å². The topological polar surface area (TPSA) is 55.1 Å². The number of halogens is 1. The summed E-state index contributed by atoms with van der Waals surface area (Å²) in [5.41, 5.74) is 1.22. The third-order valence-corrected chi connectivity index (χ3v) is 5.21. The first-order valence-electron chi connectivity index (χ1n) is 6.60. The molecule has 2 atom stereocenters. The first-order valence-corrected chi connectivity index (χ1v) is 7.76. The normalized spacial score (nSPS) is 26.3. The number of rotatable bonds is 2. The lowest BCUT2D eigenvalue weighted by Crippen LogP contribution is -2.28. The van der Waals surface area contributed by atoms with E-state index in [2.05, 4.69) is 9.55 Å². The third kappa shape index (κ3) is 2.92. The van der Waals surface area contributed by atoms with E-state index in [9.17, 15) is 4.79 Å². The Labute approximate surface area is 123 Å². The molecule has 0 bridgehead atoms. The average Bonchev–Trinajstić information content (AvgIpc) is 2.82. The van der Waals surface area contributed by atoms with Gasteiger partial charge in [0, 0.05) is 30.1 Å². The van der Waals surface area contributed by atoms with Crippen molar-refractivity contribution in [1.82, 2.24) is 9.55 Å². The summed E-state index contributed by atoms with van der Waals surface area (Å²) in [7, 11) is 0. The summed E-state index contributed by atoms with van der Waals surface area (Å²) in [6.07, 6.45) is 6.00. The fourth-order valence-corrected chi connectivity index (χ4v) is 4.08. The second-order valence-corrected chi connectivity index (χ2v) is 6.36. The fourth-order valence-electron chi connectivity index (χ4n) is 2.94. The van der Waals surface area contributed by atoms with Crippen LogP contribution < -0.4 is 0 Å². The molecule has 1 aromatic heterocycles. The molecule has 3 heterocycles. The minimum atomic E-state index is -0.668. The van der Waals surface area contributed by atoms with Gasteiger partial charge in [-0.3, -0.25) is 4.79 Å². The van der Waals surface area contributed by atoms with E-state index in [1.807, 2.05) is 18.0 Å². The largest absolute Gasteiger partial charge is 0.481 e. The lowest BCUT2D eigenvalue weighted by molar-refractivity contribution is -0.142. The maximum Gasteiger partial charge on any atom is 0.308 e. The zero-order valence-electron chi connectivity index (χ0n) is 10.7. The van der Waals surface area contributed by atoms with E-state index in [4.69, 9.17) is 5.11 Å². The third-order valence-electron chi connectivity index (χ3n) is 4.00. The first-order chi connectivity index (χ1) is 8.75. The second-order valence-electron chi connectivity index (χ2n) is 5.21. The monoisotopic (exact) mass is 302 g/mol. The van der Waals surface area contributed by atoms with Crippen molar-refractivity contribution in [3.05, 3.63) is 17.7 Å². The summed E-state index contributed by atoms with van der Waals surface area (Å²) in [4.78, 5) is 15.7. The van der Waals surface area contributed by atoms with Crippen LogP contribution in [0.4, 0.5) is 0 Å². The summed E-state index contributed by atoms with van der Waals surface area (Å²) in [5, 5.41) is 9.16. The number of hydrogen-bond donors (Lipinski definition) is 1. The number of carbonyl (C=O) groups is 1. The number of carboxylic acid groups (broad SMARTS) is 1. The molecular formula is C13H19ClN2O2S. The molecule has 0 aromatic carbocycles. The van der Waals surface area contributed by atoms with Crippen molar-refractivity contribution in [3.8, 4) is 0 Å². The van der Waals surface area contributed by atoms with Gasteiger partial charge >= 0.3 is 5.97 Å². The molecule has 0 aliphatic carbocycles. The molecule has 0 saturated carbocycles. The van der Waals surface area contributed by atoms with Crippen LogP contribution in [0.3, 0.4) is 0 Å². The molecule has 19 heavy (non-hydrogen) atoms. The molecule has 4 nitrogen and oxygen atoms in total. The molecule has 0 spiro atoms. The number of carboxylic acids is 1. The van der Waals surface area contributed by atoms with Crippen LogP contribution in [0.1, 0.15) is 36.7 Å². The first kappa shape index (κ1) is 14.7. The maximum absolute atomic E-state index is 11.1. The van der Waals surface area contributed by atoms with Crippen molar-refractivity contribution in [1.29, 1.82) is 0 Å². The number of nitrogens with zero attached hydrogens (tertiary/aromatic N) is 2. The van der Waals surface area contributed by atoms with Gasteiger partial charge in [0.25, 0.3) is 0 Å². The standard InChI is InChI=1S/C13H18N2O2S.ClH/c16-13(17)9-3-4-11-6-14-12(15(11)7-9)10-2-1-5-18-8-10;/h6,9-10H,1-5,7-8H2,(H,16,17);1H. The van der Waals surface area contributed by atoms with E-state index in [0.717, 1.165) is 24.4 Å². The molecule has 3 rings (SSSR count). The highest BCUT2D eigenvalue weighted by Crippen LogP contribution is 2.33. The smallest absolute Gasteiger partial charge is 0.308 e. The number of imidazole rings is 1. The predicted octanol–water partition coefficient (Wildman–Crippen LogP) is 2.56. The molecule has 0 radical (unpaired) electrons. The van der Waals surface area contributed by atoms with E-state index in [-0.39, 0.29) is 18.3 Å².